The largest absolute Gasteiger partial charge is 0.466 e. The smallest absolute Gasteiger partial charge is 0.216 e. The van der Waals surface area contributed by atoms with E-state index >= 15 is 0 Å². The fourth-order valence-electron chi connectivity index (χ4n) is 2.39. The van der Waals surface area contributed by atoms with Crippen molar-refractivity contribution in [2.24, 2.45) is 4.99 Å². The van der Waals surface area contributed by atoms with Crippen LogP contribution < -0.4 is 0 Å². The second-order valence-electron chi connectivity index (χ2n) is 5.00. The van der Waals surface area contributed by atoms with Crippen LogP contribution in [-0.4, -0.2) is 12.4 Å². The Balaban J connectivity index is 1.91. The van der Waals surface area contributed by atoms with Gasteiger partial charge in [-0.15, -0.1) is 0 Å². The average Bonchev–Trinajstić information content (AvgIpc) is 2.49. The van der Waals surface area contributed by atoms with Gasteiger partial charge in [-0.05, 0) is 24.6 Å². The minimum Gasteiger partial charge on any atom is -0.466 e. The molecular formula is C17H17NO. The van der Waals surface area contributed by atoms with Crippen LogP contribution >= 0.6 is 0 Å². The summed E-state index contributed by atoms with van der Waals surface area (Å²) in [5.41, 5.74) is 1.97. The molecular weight excluding hydrogens is 234 g/mol. The van der Waals surface area contributed by atoms with Gasteiger partial charge in [0.05, 0.1) is 0 Å². The Morgan fingerprint density at radius 3 is 2.26 bits per heavy atom. The Morgan fingerprint density at radius 2 is 1.58 bits per heavy atom. The van der Waals surface area contributed by atoms with Crippen LogP contribution in [-0.2, 0) is 10.3 Å². The number of rotatable bonds is 2. The summed E-state index contributed by atoms with van der Waals surface area (Å²) in [5.74, 6) is 0.748. The van der Waals surface area contributed by atoms with Gasteiger partial charge in [0.2, 0.25) is 5.90 Å². The third kappa shape index (κ3) is 2.39. The minimum atomic E-state index is -0.284. The van der Waals surface area contributed by atoms with Crippen molar-refractivity contribution >= 4 is 5.90 Å². The molecule has 1 heterocycles. The van der Waals surface area contributed by atoms with Crippen LogP contribution in [0.2, 0.25) is 0 Å². The zero-order valence-electron chi connectivity index (χ0n) is 11.0. The van der Waals surface area contributed by atoms with Crippen molar-refractivity contribution in [1.29, 1.82) is 0 Å². The van der Waals surface area contributed by atoms with E-state index in [-0.39, 0.29) is 5.60 Å². The normalized spacial score (nSPS) is 22.5. The van der Waals surface area contributed by atoms with Gasteiger partial charge in [-0.3, -0.25) is 4.99 Å². The van der Waals surface area contributed by atoms with Crippen LogP contribution in [0.1, 0.15) is 24.5 Å². The highest BCUT2D eigenvalue weighted by molar-refractivity contribution is 5.94. The summed E-state index contributed by atoms with van der Waals surface area (Å²) in [6, 6.07) is 20.5. The summed E-state index contributed by atoms with van der Waals surface area (Å²) in [4.78, 5) is 4.52. The molecule has 19 heavy (non-hydrogen) atoms. The zero-order chi connectivity index (χ0) is 13.1. The summed E-state index contributed by atoms with van der Waals surface area (Å²) in [7, 11) is 0. The van der Waals surface area contributed by atoms with E-state index in [2.05, 4.69) is 36.2 Å². The maximum atomic E-state index is 6.20. The van der Waals surface area contributed by atoms with E-state index in [1.54, 1.807) is 0 Å². The number of hydrogen-bond acceptors (Lipinski definition) is 2. The summed E-state index contributed by atoms with van der Waals surface area (Å²) < 4.78 is 6.20. The van der Waals surface area contributed by atoms with Gasteiger partial charge in [-0.25, -0.2) is 0 Å². The molecule has 1 unspecified atom stereocenters. The molecule has 0 aromatic heterocycles. The predicted octanol–water partition coefficient (Wildman–Crippen LogP) is 3.77. The lowest BCUT2D eigenvalue weighted by atomic mass is 9.91. The number of benzene rings is 2. The third-order valence-corrected chi connectivity index (χ3v) is 3.57. The molecule has 1 aliphatic heterocycles. The molecule has 1 aliphatic rings. The first-order valence-electron chi connectivity index (χ1n) is 6.62. The van der Waals surface area contributed by atoms with Crippen LogP contribution in [0.4, 0.5) is 0 Å². The predicted molar refractivity (Wildman–Crippen MR) is 77.3 cm³/mol. The fraction of sp³-hybridized carbons (Fsp3) is 0.235. The van der Waals surface area contributed by atoms with Crippen LogP contribution in [0.3, 0.4) is 0 Å². The second-order valence-corrected chi connectivity index (χ2v) is 5.00. The first-order valence-corrected chi connectivity index (χ1v) is 6.62. The SMILES string of the molecule is CC1(c2ccccc2)CCN=C(c2ccccc2)O1. The highest BCUT2D eigenvalue weighted by Gasteiger charge is 2.32. The molecule has 3 rings (SSSR count). The van der Waals surface area contributed by atoms with E-state index in [4.69, 9.17) is 4.74 Å². The lowest BCUT2D eigenvalue weighted by Crippen LogP contribution is -2.34. The monoisotopic (exact) mass is 251 g/mol. The summed E-state index contributed by atoms with van der Waals surface area (Å²) in [6.45, 7) is 2.94. The Bertz CT molecular complexity index is 577. The molecule has 96 valence electrons. The van der Waals surface area contributed by atoms with Crippen molar-refractivity contribution in [1.82, 2.24) is 0 Å². The molecule has 2 nitrogen and oxygen atoms in total. The molecule has 2 heteroatoms. The number of nitrogens with zero attached hydrogens (tertiary/aromatic N) is 1. The quantitative estimate of drug-likeness (QED) is 0.796. The van der Waals surface area contributed by atoms with E-state index in [9.17, 15) is 0 Å². The molecule has 0 saturated carbocycles. The summed E-state index contributed by atoms with van der Waals surface area (Å²) in [6.07, 6.45) is 0.910. The first kappa shape index (κ1) is 12.0. The third-order valence-electron chi connectivity index (χ3n) is 3.57. The van der Waals surface area contributed by atoms with Crippen LogP contribution in [0, 0.1) is 0 Å². The van der Waals surface area contributed by atoms with E-state index in [1.807, 2.05) is 36.4 Å². The van der Waals surface area contributed by atoms with Crippen molar-refractivity contribution < 1.29 is 4.74 Å². The van der Waals surface area contributed by atoms with Crippen molar-refractivity contribution in [3.63, 3.8) is 0 Å². The average molecular weight is 251 g/mol. The van der Waals surface area contributed by atoms with Crippen molar-refractivity contribution in [3.8, 4) is 0 Å². The Kier molecular flexibility index (Phi) is 3.08. The van der Waals surface area contributed by atoms with Gasteiger partial charge in [0.15, 0.2) is 0 Å². The maximum absolute atomic E-state index is 6.20. The van der Waals surface area contributed by atoms with Gasteiger partial charge in [-0.2, -0.15) is 0 Å². The molecule has 0 radical (unpaired) electrons. The van der Waals surface area contributed by atoms with Gasteiger partial charge in [-0.1, -0.05) is 48.5 Å². The number of aliphatic imine (C=N–C) groups is 1. The molecule has 2 aromatic carbocycles. The van der Waals surface area contributed by atoms with Crippen LogP contribution in [0.25, 0.3) is 0 Å². The van der Waals surface area contributed by atoms with Gasteiger partial charge >= 0.3 is 0 Å². The molecule has 0 spiro atoms. The Morgan fingerprint density at radius 1 is 0.947 bits per heavy atom. The second kappa shape index (κ2) is 4.88. The molecule has 0 fully saturated rings. The Hall–Kier alpha value is -2.09. The van der Waals surface area contributed by atoms with Crippen molar-refractivity contribution in [2.75, 3.05) is 6.54 Å². The molecule has 0 N–H and O–H groups in total. The lowest BCUT2D eigenvalue weighted by Gasteiger charge is -2.34. The van der Waals surface area contributed by atoms with Gasteiger partial charge in [0.1, 0.15) is 5.60 Å². The van der Waals surface area contributed by atoms with E-state index in [0.29, 0.717) is 0 Å². The van der Waals surface area contributed by atoms with Gasteiger partial charge in [0.25, 0.3) is 0 Å². The summed E-state index contributed by atoms with van der Waals surface area (Å²) >= 11 is 0. The number of hydrogen-bond donors (Lipinski definition) is 0. The lowest BCUT2D eigenvalue weighted by molar-refractivity contribution is 0.0551. The van der Waals surface area contributed by atoms with E-state index in [1.165, 1.54) is 5.56 Å². The highest BCUT2D eigenvalue weighted by Crippen LogP contribution is 2.33. The molecule has 0 saturated heterocycles. The Labute approximate surface area is 113 Å². The van der Waals surface area contributed by atoms with E-state index in [0.717, 1.165) is 24.4 Å². The van der Waals surface area contributed by atoms with Crippen molar-refractivity contribution in [3.05, 3.63) is 71.8 Å². The molecule has 0 bridgehead atoms. The first-order chi connectivity index (χ1) is 9.28. The molecule has 0 amide bonds. The summed E-state index contributed by atoms with van der Waals surface area (Å²) in [5, 5.41) is 0. The minimum absolute atomic E-state index is 0.284. The van der Waals surface area contributed by atoms with Gasteiger partial charge < -0.3 is 4.74 Å². The van der Waals surface area contributed by atoms with Crippen LogP contribution in [0.15, 0.2) is 65.7 Å². The molecule has 2 aromatic rings. The van der Waals surface area contributed by atoms with Crippen LogP contribution in [0.5, 0.6) is 0 Å². The number of ether oxygens (including phenoxy) is 1. The molecule has 0 aliphatic carbocycles. The zero-order valence-corrected chi connectivity index (χ0v) is 11.0. The van der Waals surface area contributed by atoms with Crippen molar-refractivity contribution in [2.45, 2.75) is 18.9 Å². The maximum Gasteiger partial charge on any atom is 0.216 e. The highest BCUT2D eigenvalue weighted by atomic mass is 16.5. The fourth-order valence-corrected chi connectivity index (χ4v) is 2.39. The molecule has 1 atom stereocenters. The topological polar surface area (TPSA) is 21.6 Å². The standard InChI is InChI=1S/C17H17NO/c1-17(15-10-6-3-7-11-15)12-13-18-16(19-17)14-8-4-2-5-9-14/h2-11H,12-13H2,1H3. The van der Waals surface area contributed by atoms with E-state index < -0.39 is 0 Å². The van der Waals surface area contributed by atoms with Gasteiger partial charge in [0, 0.05) is 18.5 Å².